The molecule has 0 N–H and O–H groups in total. The van der Waals surface area contributed by atoms with E-state index in [1.54, 1.807) is 0 Å². The Morgan fingerprint density at radius 1 is 1.12 bits per heavy atom. The number of carbonyl (C=O) groups is 1. The van der Waals surface area contributed by atoms with Gasteiger partial charge in [0, 0.05) is 5.25 Å². The molecule has 1 heterocycles. The Labute approximate surface area is 99.2 Å². The molecule has 0 spiro atoms. The number of benzene rings is 1. The number of hydrogen-bond acceptors (Lipinski definition) is 1. The van der Waals surface area contributed by atoms with Gasteiger partial charge in [-0.05, 0) is 29.2 Å². The molecule has 1 aliphatic rings. The van der Waals surface area contributed by atoms with Crippen LogP contribution in [0.15, 0.2) is 53.3 Å². The first-order valence-electron chi connectivity index (χ1n) is 5.52. The number of aldehydes is 1. The Bertz CT molecular complexity index is 382. The molecule has 0 saturated carbocycles. The molecule has 0 bridgehead atoms. The summed E-state index contributed by atoms with van der Waals surface area (Å²) in [5.74, 6) is 0. The maximum absolute atomic E-state index is 11.1. The highest BCUT2D eigenvalue weighted by molar-refractivity contribution is 8.23. The summed E-state index contributed by atoms with van der Waals surface area (Å²) >= 11 is 0. The van der Waals surface area contributed by atoms with Crippen molar-refractivity contribution < 1.29 is 4.79 Å². The second kappa shape index (κ2) is 5.71. The van der Waals surface area contributed by atoms with Crippen LogP contribution in [-0.2, 0) is 11.2 Å². The van der Waals surface area contributed by atoms with E-state index in [4.69, 9.17) is 0 Å². The minimum Gasteiger partial charge on any atom is -0.302 e. The third kappa shape index (κ3) is 2.86. The normalized spacial score (nSPS) is 17.6. The van der Waals surface area contributed by atoms with E-state index in [1.807, 2.05) is 30.4 Å². The molecule has 1 aliphatic heterocycles. The van der Waals surface area contributed by atoms with Crippen molar-refractivity contribution in [1.29, 1.82) is 0 Å². The number of allylic oxidation sites excluding steroid dienone is 2. The molecule has 1 nitrogen and oxygen atoms in total. The number of aryl methyl sites for hydroxylation is 1. The van der Waals surface area contributed by atoms with Gasteiger partial charge < -0.3 is 4.79 Å². The van der Waals surface area contributed by atoms with Crippen molar-refractivity contribution in [2.75, 3.05) is 0 Å². The molecule has 0 fully saturated rings. The van der Waals surface area contributed by atoms with E-state index in [0.29, 0.717) is 0 Å². The SMILES string of the molecule is O=CC(CCc1ccccc1)[SH]1C=CC=C1. The van der Waals surface area contributed by atoms with Crippen LogP contribution in [0, 0.1) is 0 Å². The Kier molecular flexibility index (Phi) is 4.00. The topological polar surface area (TPSA) is 17.1 Å². The number of hydrogen-bond donors (Lipinski definition) is 1. The fourth-order valence-corrected chi connectivity index (χ4v) is 3.52. The van der Waals surface area contributed by atoms with Gasteiger partial charge in [-0.1, -0.05) is 42.5 Å². The molecule has 0 radical (unpaired) electrons. The van der Waals surface area contributed by atoms with Crippen molar-refractivity contribution >= 4 is 17.2 Å². The Morgan fingerprint density at radius 3 is 2.44 bits per heavy atom. The summed E-state index contributed by atoms with van der Waals surface area (Å²) in [4.78, 5) is 11.1. The molecule has 0 aromatic heterocycles. The van der Waals surface area contributed by atoms with Gasteiger partial charge in [0.2, 0.25) is 0 Å². The molecule has 1 atom stereocenters. The van der Waals surface area contributed by atoms with Gasteiger partial charge in [0.05, 0.1) is 0 Å². The van der Waals surface area contributed by atoms with E-state index in [1.165, 1.54) is 5.56 Å². The number of rotatable bonds is 5. The van der Waals surface area contributed by atoms with Crippen LogP contribution in [0.2, 0.25) is 0 Å². The monoisotopic (exact) mass is 232 g/mol. The van der Waals surface area contributed by atoms with Gasteiger partial charge in [-0.25, -0.2) is 10.9 Å². The molecule has 0 saturated heterocycles. The van der Waals surface area contributed by atoms with Crippen LogP contribution in [0.5, 0.6) is 0 Å². The molecule has 1 aromatic carbocycles. The van der Waals surface area contributed by atoms with E-state index >= 15 is 0 Å². The highest BCUT2D eigenvalue weighted by atomic mass is 32.2. The molecule has 1 unspecified atom stereocenters. The molecule has 0 amide bonds. The Hall–Kier alpha value is -1.28. The van der Waals surface area contributed by atoms with Gasteiger partial charge in [0.15, 0.2) is 0 Å². The summed E-state index contributed by atoms with van der Waals surface area (Å²) in [5, 5.41) is 4.52. The zero-order valence-corrected chi connectivity index (χ0v) is 10.0. The lowest BCUT2D eigenvalue weighted by atomic mass is 10.1. The molecule has 84 valence electrons. The van der Waals surface area contributed by atoms with Crippen molar-refractivity contribution in [3.8, 4) is 0 Å². The van der Waals surface area contributed by atoms with Crippen molar-refractivity contribution in [3.63, 3.8) is 0 Å². The first kappa shape index (κ1) is 11.2. The second-order valence-corrected chi connectivity index (χ2v) is 6.01. The van der Waals surface area contributed by atoms with E-state index in [9.17, 15) is 4.79 Å². The first-order chi connectivity index (χ1) is 7.90. The summed E-state index contributed by atoms with van der Waals surface area (Å²) in [6.07, 6.45) is 7.16. The quantitative estimate of drug-likeness (QED) is 0.609. The Balaban J connectivity index is 1.90. The van der Waals surface area contributed by atoms with Gasteiger partial charge in [-0.2, -0.15) is 0 Å². The largest absolute Gasteiger partial charge is 0.302 e. The van der Waals surface area contributed by atoms with Crippen molar-refractivity contribution in [2.24, 2.45) is 0 Å². The number of thiol groups is 1. The van der Waals surface area contributed by atoms with Crippen molar-refractivity contribution in [3.05, 3.63) is 58.9 Å². The van der Waals surface area contributed by atoms with Crippen LogP contribution in [-0.4, -0.2) is 11.5 Å². The average molecular weight is 232 g/mol. The van der Waals surface area contributed by atoms with Crippen LogP contribution in [0.4, 0.5) is 0 Å². The molecular weight excluding hydrogens is 216 g/mol. The van der Waals surface area contributed by atoms with Crippen LogP contribution < -0.4 is 0 Å². The molecular formula is C14H16OS. The van der Waals surface area contributed by atoms with Gasteiger partial charge in [-0.15, -0.1) is 0 Å². The zero-order chi connectivity index (χ0) is 11.2. The summed E-state index contributed by atoms with van der Waals surface area (Å²) < 4.78 is 0. The lowest BCUT2D eigenvalue weighted by Crippen LogP contribution is -2.08. The maximum atomic E-state index is 11.1. The van der Waals surface area contributed by atoms with E-state index in [2.05, 4.69) is 22.9 Å². The standard InChI is InChI=1S/C14H16OS/c15-12-14(16-10-4-5-11-16)9-8-13-6-2-1-3-7-13/h1-7,10-12,14,16H,8-9H2. The van der Waals surface area contributed by atoms with Gasteiger partial charge >= 0.3 is 0 Å². The smallest absolute Gasteiger partial charge is 0.131 e. The first-order valence-corrected chi connectivity index (χ1v) is 7.07. The fourth-order valence-electron chi connectivity index (χ4n) is 1.82. The van der Waals surface area contributed by atoms with Crippen LogP contribution in [0.1, 0.15) is 12.0 Å². The van der Waals surface area contributed by atoms with Gasteiger partial charge in [0.25, 0.3) is 0 Å². The molecule has 0 aliphatic carbocycles. The third-order valence-electron chi connectivity index (χ3n) is 2.74. The second-order valence-electron chi connectivity index (χ2n) is 3.86. The van der Waals surface area contributed by atoms with E-state index in [0.717, 1.165) is 19.1 Å². The predicted octanol–water partition coefficient (Wildman–Crippen LogP) is 3.23. The average Bonchev–Trinajstić information content (AvgIpc) is 2.85. The lowest BCUT2D eigenvalue weighted by molar-refractivity contribution is -0.107. The molecule has 2 rings (SSSR count). The highest BCUT2D eigenvalue weighted by Crippen LogP contribution is 2.39. The summed E-state index contributed by atoms with van der Waals surface area (Å²) in [5.41, 5.74) is 1.32. The summed E-state index contributed by atoms with van der Waals surface area (Å²) in [6.45, 7) is 0. The summed E-state index contributed by atoms with van der Waals surface area (Å²) in [6, 6.07) is 10.4. The van der Waals surface area contributed by atoms with E-state index < -0.39 is 0 Å². The van der Waals surface area contributed by atoms with Gasteiger partial charge in [0.1, 0.15) is 6.29 Å². The predicted molar refractivity (Wildman–Crippen MR) is 71.9 cm³/mol. The highest BCUT2D eigenvalue weighted by Gasteiger charge is 2.14. The minimum absolute atomic E-state index is 0.185. The zero-order valence-electron chi connectivity index (χ0n) is 9.12. The van der Waals surface area contributed by atoms with E-state index in [-0.39, 0.29) is 16.1 Å². The minimum atomic E-state index is -0.334. The van der Waals surface area contributed by atoms with Gasteiger partial charge in [-0.3, -0.25) is 0 Å². The molecule has 1 aromatic rings. The van der Waals surface area contributed by atoms with Crippen molar-refractivity contribution in [2.45, 2.75) is 18.1 Å². The van der Waals surface area contributed by atoms with Crippen LogP contribution in [0.3, 0.4) is 0 Å². The lowest BCUT2D eigenvalue weighted by Gasteiger charge is -2.18. The third-order valence-corrected chi connectivity index (χ3v) is 4.92. The number of carbonyl (C=O) groups excluding carboxylic acids is 1. The fraction of sp³-hybridized carbons (Fsp3) is 0.214. The van der Waals surface area contributed by atoms with Crippen LogP contribution in [0.25, 0.3) is 0 Å². The Morgan fingerprint density at radius 2 is 1.81 bits per heavy atom. The molecule has 16 heavy (non-hydrogen) atoms. The van der Waals surface area contributed by atoms with Crippen molar-refractivity contribution in [1.82, 2.24) is 0 Å². The maximum Gasteiger partial charge on any atom is 0.131 e. The van der Waals surface area contributed by atoms with Crippen LogP contribution >= 0.6 is 10.9 Å². The summed E-state index contributed by atoms with van der Waals surface area (Å²) in [7, 11) is -0.334. The molecule has 2 heteroatoms.